The van der Waals surface area contributed by atoms with Crippen LogP contribution < -0.4 is 5.32 Å². The number of hydrogen-bond acceptors (Lipinski definition) is 2. The van der Waals surface area contributed by atoms with Gasteiger partial charge in [-0.3, -0.25) is 9.69 Å². The number of piperidine rings is 1. The molecule has 0 aliphatic carbocycles. The molecule has 4 rings (SSSR count). The van der Waals surface area contributed by atoms with E-state index in [1.807, 2.05) is 30.3 Å². The van der Waals surface area contributed by atoms with E-state index in [4.69, 9.17) is 0 Å². The molecule has 0 atom stereocenters. The first kappa shape index (κ1) is 16.9. The molecular formula is C22H25N3O. The zero-order valence-corrected chi connectivity index (χ0v) is 15.2. The first-order chi connectivity index (χ1) is 12.7. The van der Waals surface area contributed by atoms with Gasteiger partial charge in [-0.2, -0.15) is 0 Å². The fraction of sp³-hybridized carbons (Fsp3) is 0.318. The number of benzene rings is 2. The van der Waals surface area contributed by atoms with Gasteiger partial charge in [0.1, 0.15) is 0 Å². The van der Waals surface area contributed by atoms with Crippen LogP contribution in [-0.4, -0.2) is 35.4 Å². The summed E-state index contributed by atoms with van der Waals surface area (Å²) in [4.78, 5) is 18.0. The average Bonchev–Trinajstić information content (AvgIpc) is 2.99. The zero-order chi connectivity index (χ0) is 17.9. The van der Waals surface area contributed by atoms with Gasteiger partial charge in [0.25, 0.3) is 0 Å². The minimum atomic E-state index is 0.0675. The third-order valence-electron chi connectivity index (χ3n) is 5.36. The van der Waals surface area contributed by atoms with Gasteiger partial charge in [0.15, 0.2) is 0 Å². The highest BCUT2D eigenvalue weighted by molar-refractivity contribution is 5.92. The third kappa shape index (κ3) is 3.51. The molecule has 2 heterocycles. The standard InChI is InChI=1S/C22H25N3O/c1-16-22(19-9-5-6-10-20(19)23-16)17-11-13-25(14-12-17)15-21(26)24-18-7-3-2-4-8-18/h2-10,17,23H,11-15H2,1H3,(H,24,26). The minimum Gasteiger partial charge on any atom is -0.358 e. The van der Waals surface area contributed by atoms with Crippen molar-refractivity contribution in [1.29, 1.82) is 0 Å². The second-order valence-electron chi connectivity index (χ2n) is 7.17. The fourth-order valence-electron chi connectivity index (χ4n) is 4.13. The highest BCUT2D eigenvalue weighted by atomic mass is 16.2. The molecule has 1 amide bonds. The van der Waals surface area contributed by atoms with Gasteiger partial charge in [-0.05, 0) is 62.5 Å². The summed E-state index contributed by atoms with van der Waals surface area (Å²) in [6.07, 6.45) is 2.20. The van der Waals surface area contributed by atoms with E-state index in [2.05, 4.69) is 46.4 Å². The molecule has 3 aromatic rings. The van der Waals surface area contributed by atoms with Gasteiger partial charge in [-0.15, -0.1) is 0 Å². The van der Waals surface area contributed by atoms with Gasteiger partial charge in [0.2, 0.25) is 5.91 Å². The summed E-state index contributed by atoms with van der Waals surface area (Å²) in [6.45, 7) is 4.57. The topological polar surface area (TPSA) is 48.1 Å². The molecule has 0 spiro atoms. The van der Waals surface area contributed by atoms with Crippen LogP contribution in [0.4, 0.5) is 5.69 Å². The monoisotopic (exact) mass is 347 g/mol. The summed E-state index contributed by atoms with van der Waals surface area (Å²) in [5.74, 6) is 0.637. The van der Waals surface area contributed by atoms with Crippen molar-refractivity contribution in [3.8, 4) is 0 Å². The Morgan fingerprint density at radius 2 is 1.77 bits per heavy atom. The predicted octanol–water partition coefficient (Wildman–Crippen LogP) is 4.29. The Kier molecular flexibility index (Phi) is 4.76. The van der Waals surface area contributed by atoms with Crippen LogP contribution >= 0.6 is 0 Å². The number of nitrogens with zero attached hydrogens (tertiary/aromatic N) is 1. The van der Waals surface area contributed by atoms with Crippen molar-refractivity contribution in [3.05, 3.63) is 65.9 Å². The number of aromatic nitrogens is 1. The van der Waals surface area contributed by atoms with Gasteiger partial charge < -0.3 is 10.3 Å². The number of fused-ring (bicyclic) bond motifs is 1. The Hall–Kier alpha value is -2.59. The number of aryl methyl sites for hydroxylation is 1. The van der Waals surface area contributed by atoms with E-state index in [1.54, 1.807) is 0 Å². The minimum absolute atomic E-state index is 0.0675. The first-order valence-electron chi connectivity index (χ1n) is 9.35. The molecular weight excluding hydrogens is 322 g/mol. The lowest BCUT2D eigenvalue weighted by molar-refractivity contribution is -0.117. The number of para-hydroxylation sites is 2. The van der Waals surface area contributed by atoms with Crippen LogP contribution in [0.25, 0.3) is 10.9 Å². The molecule has 1 aromatic heterocycles. The van der Waals surface area contributed by atoms with Crippen molar-refractivity contribution in [1.82, 2.24) is 9.88 Å². The molecule has 4 heteroatoms. The number of carbonyl (C=O) groups is 1. The molecule has 4 nitrogen and oxygen atoms in total. The number of nitrogens with one attached hydrogen (secondary N) is 2. The highest BCUT2D eigenvalue weighted by Gasteiger charge is 2.25. The summed E-state index contributed by atoms with van der Waals surface area (Å²) < 4.78 is 0. The molecule has 134 valence electrons. The quantitative estimate of drug-likeness (QED) is 0.739. The maximum absolute atomic E-state index is 12.3. The van der Waals surface area contributed by atoms with Crippen molar-refractivity contribution in [2.75, 3.05) is 25.0 Å². The molecule has 0 radical (unpaired) electrons. The number of amides is 1. The summed E-state index contributed by atoms with van der Waals surface area (Å²) in [5.41, 5.74) is 4.84. The van der Waals surface area contributed by atoms with Crippen molar-refractivity contribution >= 4 is 22.5 Å². The number of rotatable bonds is 4. The van der Waals surface area contributed by atoms with Gasteiger partial charge >= 0.3 is 0 Å². The zero-order valence-electron chi connectivity index (χ0n) is 15.2. The van der Waals surface area contributed by atoms with Crippen LogP contribution in [0.15, 0.2) is 54.6 Å². The van der Waals surface area contributed by atoms with E-state index in [9.17, 15) is 4.79 Å². The summed E-state index contributed by atoms with van der Waals surface area (Å²) in [7, 11) is 0. The Morgan fingerprint density at radius 1 is 1.08 bits per heavy atom. The molecule has 0 saturated carbocycles. The van der Waals surface area contributed by atoms with Crippen LogP contribution in [0.1, 0.15) is 30.0 Å². The Labute approximate surface area is 154 Å². The summed E-state index contributed by atoms with van der Waals surface area (Å²) in [6, 6.07) is 18.2. The van der Waals surface area contributed by atoms with E-state index >= 15 is 0 Å². The number of anilines is 1. The molecule has 1 fully saturated rings. The smallest absolute Gasteiger partial charge is 0.238 e. The molecule has 0 bridgehead atoms. The third-order valence-corrected chi connectivity index (χ3v) is 5.36. The van der Waals surface area contributed by atoms with Crippen LogP contribution in [0, 0.1) is 6.92 Å². The van der Waals surface area contributed by atoms with Crippen molar-refractivity contribution in [2.24, 2.45) is 0 Å². The molecule has 26 heavy (non-hydrogen) atoms. The van der Waals surface area contributed by atoms with E-state index in [0.717, 1.165) is 31.6 Å². The lowest BCUT2D eigenvalue weighted by Gasteiger charge is -2.31. The first-order valence-corrected chi connectivity index (χ1v) is 9.35. The maximum Gasteiger partial charge on any atom is 0.238 e. The van der Waals surface area contributed by atoms with E-state index in [0.29, 0.717) is 12.5 Å². The van der Waals surface area contributed by atoms with Gasteiger partial charge in [0, 0.05) is 22.3 Å². The molecule has 1 saturated heterocycles. The number of aromatic amines is 1. The van der Waals surface area contributed by atoms with Crippen LogP contribution in [-0.2, 0) is 4.79 Å². The largest absolute Gasteiger partial charge is 0.358 e. The average molecular weight is 347 g/mol. The highest BCUT2D eigenvalue weighted by Crippen LogP contribution is 2.35. The number of H-pyrrole nitrogens is 1. The Morgan fingerprint density at radius 3 is 2.54 bits per heavy atom. The van der Waals surface area contributed by atoms with Crippen molar-refractivity contribution in [2.45, 2.75) is 25.7 Å². The molecule has 1 aliphatic rings. The van der Waals surface area contributed by atoms with Gasteiger partial charge in [-0.25, -0.2) is 0 Å². The van der Waals surface area contributed by atoms with Gasteiger partial charge in [0.05, 0.1) is 6.54 Å². The van der Waals surface area contributed by atoms with Crippen molar-refractivity contribution in [3.63, 3.8) is 0 Å². The predicted molar refractivity (Wildman–Crippen MR) is 107 cm³/mol. The maximum atomic E-state index is 12.3. The van der Waals surface area contributed by atoms with E-state index < -0.39 is 0 Å². The molecule has 0 unspecified atom stereocenters. The number of carbonyl (C=O) groups excluding carboxylic acids is 1. The normalized spacial score (nSPS) is 16.0. The summed E-state index contributed by atoms with van der Waals surface area (Å²) >= 11 is 0. The summed E-state index contributed by atoms with van der Waals surface area (Å²) in [5, 5.41) is 4.33. The fourth-order valence-corrected chi connectivity index (χ4v) is 4.13. The number of hydrogen-bond donors (Lipinski definition) is 2. The molecule has 2 N–H and O–H groups in total. The van der Waals surface area contributed by atoms with Crippen molar-refractivity contribution < 1.29 is 4.79 Å². The number of likely N-dealkylation sites (tertiary alicyclic amines) is 1. The van der Waals surface area contributed by atoms with E-state index in [1.165, 1.54) is 22.2 Å². The lowest BCUT2D eigenvalue weighted by atomic mass is 9.87. The Balaban J connectivity index is 1.37. The molecule has 2 aromatic carbocycles. The van der Waals surface area contributed by atoms with Crippen LogP contribution in [0.3, 0.4) is 0 Å². The molecule has 1 aliphatic heterocycles. The van der Waals surface area contributed by atoms with E-state index in [-0.39, 0.29) is 5.91 Å². The Bertz CT molecular complexity index is 892. The van der Waals surface area contributed by atoms with Crippen LogP contribution in [0.5, 0.6) is 0 Å². The second kappa shape index (κ2) is 7.34. The lowest BCUT2D eigenvalue weighted by Crippen LogP contribution is -2.38. The van der Waals surface area contributed by atoms with Crippen LogP contribution in [0.2, 0.25) is 0 Å². The SMILES string of the molecule is Cc1[nH]c2ccccc2c1C1CCN(CC(=O)Nc2ccccc2)CC1. The van der Waals surface area contributed by atoms with Gasteiger partial charge in [-0.1, -0.05) is 36.4 Å². The second-order valence-corrected chi connectivity index (χ2v) is 7.17.